The van der Waals surface area contributed by atoms with Crippen LogP contribution in [-0.2, 0) is 12.6 Å². The predicted molar refractivity (Wildman–Crippen MR) is 60.9 cm³/mol. The average molecular weight is 286 g/mol. The average Bonchev–Trinajstić information content (AvgIpc) is 2.82. The molecule has 0 saturated heterocycles. The van der Waals surface area contributed by atoms with Crippen LogP contribution in [0.15, 0.2) is 23.1 Å². The van der Waals surface area contributed by atoms with Crippen molar-refractivity contribution in [3.05, 3.63) is 35.5 Å². The van der Waals surface area contributed by atoms with Gasteiger partial charge in [-0.1, -0.05) is 12.1 Å². The number of alkyl halides is 3. The number of aromatic nitrogens is 3. The van der Waals surface area contributed by atoms with Crippen LogP contribution in [-0.4, -0.2) is 21.0 Å². The molecule has 2 aromatic heterocycles. The Balaban J connectivity index is 2.27. The van der Waals surface area contributed by atoms with Crippen LogP contribution in [0.4, 0.5) is 19.1 Å². The highest BCUT2D eigenvalue weighted by molar-refractivity contribution is 6.02. The first-order valence-electron chi connectivity index (χ1n) is 5.56. The predicted octanol–water partition coefficient (Wildman–Crippen LogP) is 2.30. The van der Waals surface area contributed by atoms with E-state index in [0.29, 0.717) is 0 Å². The van der Waals surface area contributed by atoms with Gasteiger partial charge in [0.1, 0.15) is 5.69 Å². The van der Waals surface area contributed by atoms with Crippen LogP contribution in [0.3, 0.4) is 0 Å². The number of hydrogen-bond acceptors (Lipinski definition) is 5. The molecular formula is C11H9F3N4O2. The largest absolute Gasteiger partial charge is 0.437 e. The fourth-order valence-electron chi connectivity index (χ4n) is 1.54. The quantitative estimate of drug-likeness (QED) is 0.936. The Morgan fingerprint density at radius 3 is 2.70 bits per heavy atom. The van der Waals surface area contributed by atoms with E-state index in [9.17, 15) is 18.0 Å². The van der Waals surface area contributed by atoms with Gasteiger partial charge in [-0.05, 0) is 6.42 Å². The summed E-state index contributed by atoms with van der Waals surface area (Å²) in [6.07, 6.45) is -0.789. The molecule has 6 nitrogen and oxygen atoms in total. The Morgan fingerprint density at radius 2 is 2.15 bits per heavy atom. The maximum absolute atomic E-state index is 12.7. The summed E-state index contributed by atoms with van der Waals surface area (Å²) < 4.78 is 42.5. The summed E-state index contributed by atoms with van der Waals surface area (Å²) in [5.41, 5.74) is -1.40. The molecular weight excluding hydrogens is 277 g/mol. The van der Waals surface area contributed by atoms with Crippen molar-refractivity contribution in [3.63, 3.8) is 0 Å². The van der Waals surface area contributed by atoms with Crippen molar-refractivity contribution in [2.45, 2.75) is 19.5 Å². The van der Waals surface area contributed by atoms with Crippen molar-refractivity contribution in [1.29, 1.82) is 0 Å². The van der Waals surface area contributed by atoms with E-state index in [0.717, 1.165) is 0 Å². The zero-order valence-electron chi connectivity index (χ0n) is 10.2. The molecule has 1 amide bonds. The van der Waals surface area contributed by atoms with Gasteiger partial charge in [-0.25, -0.2) is 4.98 Å². The molecule has 0 unspecified atom stereocenters. The van der Waals surface area contributed by atoms with Crippen molar-refractivity contribution in [3.8, 4) is 0 Å². The molecule has 0 radical (unpaired) electrons. The van der Waals surface area contributed by atoms with Crippen molar-refractivity contribution >= 4 is 11.8 Å². The highest BCUT2D eigenvalue weighted by Gasteiger charge is 2.39. The van der Waals surface area contributed by atoms with E-state index in [1.807, 2.05) is 0 Å². The first kappa shape index (κ1) is 14.0. The van der Waals surface area contributed by atoms with E-state index in [1.54, 1.807) is 0 Å². The van der Waals surface area contributed by atoms with Crippen LogP contribution >= 0.6 is 0 Å². The van der Waals surface area contributed by atoms with Crippen LogP contribution in [0.5, 0.6) is 0 Å². The molecule has 2 rings (SSSR count). The van der Waals surface area contributed by atoms with E-state index in [-0.39, 0.29) is 23.6 Å². The van der Waals surface area contributed by atoms with E-state index in [4.69, 9.17) is 0 Å². The van der Waals surface area contributed by atoms with Crippen LogP contribution in [0.25, 0.3) is 0 Å². The summed E-state index contributed by atoms with van der Waals surface area (Å²) in [7, 11) is 0. The Labute approximate surface area is 111 Å². The lowest BCUT2D eigenvalue weighted by atomic mass is 10.2. The molecule has 106 valence electrons. The Hall–Kier alpha value is -2.45. The molecule has 9 heteroatoms. The van der Waals surface area contributed by atoms with Gasteiger partial charge in [-0.3, -0.25) is 15.1 Å². The first-order chi connectivity index (χ1) is 9.43. The number of hydrogen-bond donors (Lipinski definition) is 1. The molecule has 0 aliphatic carbocycles. The second-order valence-electron chi connectivity index (χ2n) is 3.73. The third-order valence-corrected chi connectivity index (χ3v) is 2.43. The summed E-state index contributed by atoms with van der Waals surface area (Å²) in [6.45, 7) is 1.50. The monoisotopic (exact) mass is 286 g/mol. The molecule has 2 aromatic rings. The van der Waals surface area contributed by atoms with Gasteiger partial charge in [0.2, 0.25) is 5.88 Å². The van der Waals surface area contributed by atoms with Crippen molar-refractivity contribution in [2.24, 2.45) is 0 Å². The Kier molecular flexibility index (Phi) is 3.68. The zero-order valence-corrected chi connectivity index (χ0v) is 10.2. The topological polar surface area (TPSA) is 80.9 Å². The van der Waals surface area contributed by atoms with Crippen LogP contribution in [0.1, 0.15) is 28.7 Å². The van der Waals surface area contributed by atoms with E-state index in [1.165, 1.54) is 25.5 Å². The summed E-state index contributed by atoms with van der Waals surface area (Å²) in [6, 6.07) is 0. The molecule has 0 atom stereocenters. The van der Waals surface area contributed by atoms with E-state index in [2.05, 4.69) is 25.0 Å². The van der Waals surface area contributed by atoms with Gasteiger partial charge >= 0.3 is 6.18 Å². The number of amides is 1. The lowest BCUT2D eigenvalue weighted by Gasteiger charge is -2.05. The Bertz CT molecular complexity index is 610. The number of carbonyl (C=O) groups is 1. The summed E-state index contributed by atoms with van der Waals surface area (Å²) in [4.78, 5) is 19.2. The number of anilines is 1. The lowest BCUT2D eigenvalue weighted by molar-refractivity contribution is -0.143. The molecule has 0 aliphatic heterocycles. The zero-order chi connectivity index (χ0) is 14.8. The van der Waals surface area contributed by atoms with Crippen molar-refractivity contribution < 1.29 is 22.5 Å². The fraction of sp³-hybridized carbons (Fsp3) is 0.273. The van der Waals surface area contributed by atoms with Crippen LogP contribution in [0.2, 0.25) is 0 Å². The minimum Gasteiger partial charge on any atom is -0.338 e. The molecule has 0 saturated carbocycles. The molecule has 20 heavy (non-hydrogen) atoms. The van der Waals surface area contributed by atoms with Gasteiger partial charge in [0.05, 0.1) is 6.20 Å². The summed E-state index contributed by atoms with van der Waals surface area (Å²) in [5, 5.41) is 5.15. The summed E-state index contributed by atoms with van der Waals surface area (Å²) in [5.74, 6) is -1.06. The fourth-order valence-corrected chi connectivity index (χ4v) is 1.54. The van der Waals surface area contributed by atoms with Crippen LogP contribution in [0, 0.1) is 0 Å². The number of rotatable bonds is 3. The third kappa shape index (κ3) is 2.76. The molecule has 1 N–H and O–H groups in total. The number of halogens is 3. The smallest absolute Gasteiger partial charge is 0.338 e. The van der Waals surface area contributed by atoms with Gasteiger partial charge in [0.25, 0.3) is 5.91 Å². The normalized spacial score (nSPS) is 11.4. The second-order valence-corrected chi connectivity index (χ2v) is 3.73. The maximum atomic E-state index is 12.7. The van der Waals surface area contributed by atoms with Crippen molar-refractivity contribution in [1.82, 2.24) is 15.1 Å². The molecule has 0 aromatic carbocycles. The third-order valence-electron chi connectivity index (χ3n) is 2.43. The molecule has 2 heterocycles. The number of carbonyl (C=O) groups excluding carboxylic acids is 1. The number of nitrogens with one attached hydrogen (secondary N) is 1. The first-order valence-corrected chi connectivity index (χ1v) is 5.56. The van der Waals surface area contributed by atoms with Crippen LogP contribution < -0.4 is 5.32 Å². The number of nitrogens with zero attached hydrogens (tertiary/aromatic N) is 3. The highest BCUT2D eigenvalue weighted by atomic mass is 19.4. The van der Waals surface area contributed by atoms with Gasteiger partial charge in [0.15, 0.2) is 5.69 Å². The lowest BCUT2D eigenvalue weighted by Crippen LogP contribution is -2.15. The molecule has 0 bridgehead atoms. The molecule has 0 aliphatic rings. The minimum absolute atomic E-state index is 0.00836. The Morgan fingerprint density at radius 1 is 1.40 bits per heavy atom. The molecule has 0 spiro atoms. The SMILES string of the molecule is CCc1c(C(F)(F)F)noc1NC(=O)c1cnccn1. The second kappa shape index (κ2) is 5.27. The highest BCUT2D eigenvalue weighted by Crippen LogP contribution is 2.34. The van der Waals surface area contributed by atoms with E-state index < -0.39 is 17.8 Å². The maximum Gasteiger partial charge on any atom is 0.437 e. The van der Waals surface area contributed by atoms with Crippen molar-refractivity contribution in [2.75, 3.05) is 5.32 Å². The van der Waals surface area contributed by atoms with Gasteiger partial charge in [0, 0.05) is 18.0 Å². The molecule has 0 fully saturated rings. The standard InChI is InChI=1S/C11H9F3N4O2/c1-2-6-8(11(12,13)14)18-20-10(6)17-9(19)7-5-15-3-4-16-7/h3-5H,2H2,1H3,(H,17,19). The van der Waals surface area contributed by atoms with Gasteiger partial charge < -0.3 is 4.52 Å². The van der Waals surface area contributed by atoms with E-state index >= 15 is 0 Å². The van der Waals surface area contributed by atoms with Gasteiger partial charge in [-0.15, -0.1) is 0 Å². The summed E-state index contributed by atoms with van der Waals surface area (Å²) >= 11 is 0. The van der Waals surface area contributed by atoms with Gasteiger partial charge in [-0.2, -0.15) is 13.2 Å². The minimum atomic E-state index is -4.63.